The Kier molecular flexibility index (Phi) is 6.20. The van der Waals surface area contributed by atoms with E-state index in [0.29, 0.717) is 18.4 Å². The fraction of sp³-hybridized carbons (Fsp3) is 0.640. The maximum atomic E-state index is 13.0. The zero-order valence-electron chi connectivity index (χ0n) is 20.7. The molecule has 1 saturated carbocycles. The number of imidazole rings is 1. The first-order valence-corrected chi connectivity index (χ1v) is 15.0. The van der Waals surface area contributed by atoms with Gasteiger partial charge in [0, 0.05) is 19.6 Å². The summed E-state index contributed by atoms with van der Waals surface area (Å²) in [7, 11) is -0.0112. The number of nitrogens with one attached hydrogen (secondary N) is 1. The summed E-state index contributed by atoms with van der Waals surface area (Å²) in [5.74, 6) is -0.229. The number of hydrogen-bond donors (Lipinski definition) is 1. The highest BCUT2D eigenvalue weighted by Gasteiger charge is 2.40. The Balaban J connectivity index is 1.53. The second-order valence-corrected chi connectivity index (χ2v) is 16.0. The highest BCUT2D eigenvalue weighted by Crippen LogP contribution is 2.41. The molecule has 180 valence electrons. The molecule has 1 unspecified atom stereocenters. The van der Waals surface area contributed by atoms with Crippen LogP contribution in [0.3, 0.4) is 0 Å². The van der Waals surface area contributed by atoms with Gasteiger partial charge >= 0.3 is 5.69 Å². The molecular weight excluding hydrogens is 434 g/mol. The molecule has 1 aromatic carbocycles. The second kappa shape index (κ2) is 8.54. The number of rotatable bonds is 4. The summed E-state index contributed by atoms with van der Waals surface area (Å²) >= 11 is 0. The molecule has 7 nitrogen and oxygen atoms in total. The fourth-order valence-corrected chi connectivity index (χ4v) is 6.39. The largest absolute Gasteiger partial charge is 0.414 e. The van der Waals surface area contributed by atoms with E-state index in [0.717, 1.165) is 36.7 Å². The van der Waals surface area contributed by atoms with Gasteiger partial charge in [-0.3, -0.25) is 24.0 Å². The minimum absolute atomic E-state index is 0.218. The first-order chi connectivity index (χ1) is 15.4. The molecule has 33 heavy (non-hydrogen) atoms. The van der Waals surface area contributed by atoms with Gasteiger partial charge in [0.25, 0.3) is 0 Å². The molecule has 2 aliphatic rings. The Morgan fingerprint density at radius 3 is 2.27 bits per heavy atom. The van der Waals surface area contributed by atoms with Crippen LogP contribution in [0.1, 0.15) is 76.8 Å². The second-order valence-electron chi connectivity index (χ2n) is 11.3. The minimum Gasteiger partial charge on any atom is -0.414 e. The summed E-state index contributed by atoms with van der Waals surface area (Å²) in [6, 6.07) is 5.53. The molecule has 2 fully saturated rings. The van der Waals surface area contributed by atoms with Crippen LogP contribution in [0.15, 0.2) is 23.0 Å². The average Bonchev–Trinajstić information content (AvgIpc) is 2.98. The number of nitrogens with zero attached hydrogens (tertiary/aromatic N) is 2. The molecule has 8 heteroatoms. The summed E-state index contributed by atoms with van der Waals surface area (Å²) in [5, 5.41) is 2.58. The number of piperidine rings is 1. The predicted octanol–water partition coefficient (Wildman–Crippen LogP) is 4.37. The number of imide groups is 1. The third kappa shape index (κ3) is 4.47. The zero-order chi connectivity index (χ0) is 24.1. The van der Waals surface area contributed by atoms with Crippen molar-refractivity contribution >= 4 is 31.2 Å². The molecule has 2 amide bonds. The fourth-order valence-electron chi connectivity index (χ4n) is 4.97. The van der Waals surface area contributed by atoms with E-state index in [9.17, 15) is 14.4 Å². The van der Waals surface area contributed by atoms with Crippen LogP contribution in [0.4, 0.5) is 0 Å². The summed E-state index contributed by atoms with van der Waals surface area (Å²) in [6.07, 6.45) is 5.21. The molecule has 1 aliphatic carbocycles. The Hall–Kier alpha value is -2.19. The molecule has 1 saturated heterocycles. The zero-order valence-corrected chi connectivity index (χ0v) is 21.7. The van der Waals surface area contributed by atoms with Crippen LogP contribution in [0.25, 0.3) is 11.0 Å². The van der Waals surface area contributed by atoms with Crippen LogP contribution < -0.4 is 11.0 Å². The number of aryl methyl sites for hydroxylation is 1. The first-order valence-electron chi connectivity index (χ1n) is 12.1. The SMILES string of the molecule is Cn1c(=O)n(C2CCC(=O)NC2=O)c2ccc(C3CCC(O[Si](C)(C)C(C)(C)C)CC3)cc21. The lowest BCUT2D eigenvalue weighted by Crippen LogP contribution is -2.44. The van der Waals surface area contributed by atoms with Crippen molar-refractivity contribution in [3.05, 3.63) is 34.2 Å². The maximum absolute atomic E-state index is 13.0. The van der Waals surface area contributed by atoms with Crippen molar-refractivity contribution in [2.24, 2.45) is 7.05 Å². The normalized spacial score (nSPS) is 24.8. The van der Waals surface area contributed by atoms with Crippen molar-refractivity contribution in [2.45, 2.75) is 95.5 Å². The van der Waals surface area contributed by atoms with E-state index in [1.54, 1.807) is 16.2 Å². The van der Waals surface area contributed by atoms with Crippen molar-refractivity contribution in [1.82, 2.24) is 14.5 Å². The van der Waals surface area contributed by atoms with Crippen molar-refractivity contribution in [3.8, 4) is 0 Å². The molecule has 0 bridgehead atoms. The van der Waals surface area contributed by atoms with Crippen LogP contribution in [0, 0.1) is 0 Å². The average molecular weight is 472 g/mol. The van der Waals surface area contributed by atoms with Gasteiger partial charge in [-0.05, 0) is 73.9 Å². The topological polar surface area (TPSA) is 82.3 Å². The molecule has 1 aromatic heterocycles. The van der Waals surface area contributed by atoms with Gasteiger partial charge in [0.15, 0.2) is 8.32 Å². The number of hydrogen-bond acceptors (Lipinski definition) is 4. The smallest absolute Gasteiger partial charge is 0.329 e. The van der Waals surface area contributed by atoms with Gasteiger partial charge in [-0.25, -0.2) is 4.79 Å². The van der Waals surface area contributed by atoms with Crippen molar-refractivity contribution in [3.63, 3.8) is 0 Å². The predicted molar refractivity (Wildman–Crippen MR) is 132 cm³/mol. The summed E-state index contributed by atoms with van der Waals surface area (Å²) in [4.78, 5) is 37.0. The molecule has 1 N–H and O–H groups in total. The van der Waals surface area contributed by atoms with Gasteiger partial charge in [0.2, 0.25) is 11.8 Å². The van der Waals surface area contributed by atoms with E-state index in [-0.39, 0.29) is 23.1 Å². The Morgan fingerprint density at radius 1 is 1.00 bits per heavy atom. The first kappa shape index (κ1) is 23.9. The lowest BCUT2D eigenvalue weighted by molar-refractivity contribution is -0.135. The number of fused-ring (bicyclic) bond motifs is 1. The van der Waals surface area contributed by atoms with Crippen molar-refractivity contribution in [1.29, 1.82) is 0 Å². The van der Waals surface area contributed by atoms with Crippen molar-refractivity contribution < 1.29 is 14.0 Å². The van der Waals surface area contributed by atoms with E-state index in [1.807, 2.05) is 6.07 Å². The van der Waals surface area contributed by atoms with Crippen LogP contribution >= 0.6 is 0 Å². The van der Waals surface area contributed by atoms with Crippen LogP contribution in [-0.4, -0.2) is 35.4 Å². The van der Waals surface area contributed by atoms with Gasteiger partial charge in [-0.1, -0.05) is 26.8 Å². The number of aromatic nitrogens is 2. The van der Waals surface area contributed by atoms with Crippen LogP contribution in [0.5, 0.6) is 0 Å². The van der Waals surface area contributed by atoms with E-state index < -0.39 is 20.3 Å². The molecule has 0 spiro atoms. The Morgan fingerprint density at radius 2 is 1.67 bits per heavy atom. The van der Waals surface area contributed by atoms with E-state index in [1.165, 1.54) is 5.56 Å². The summed E-state index contributed by atoms with van der Waals surface area (Å²) < 4.78 is 9.82. The quantitative estimate of drug-likeness (QED) is 0.530. The third-order valence-electron chi connectivity index (χ3n) is 8.05. The Bertz CT molecular complexity index is 1130. The van der Waals surface area contributed by atoms with Crippen LogP contribution in [-0.2, 0) is 21.1 Å². The third-order valence-corrected chi connectivity index (χ3v) is 12.6. The highest BCUT2D eigenvalue weighted by atomic mass is 28.4. The number of amides is 2. The van der Waals surface area contributed by atoms with Gasteiger partial charge in [0.05, 0.1) is 11.0 Å². The van der Waals surface area contributed by atoms with Crippen molar-refractivity contribution in [2.75, 3.05) is 0 Å². The lowest BCUT2D eigenvalue weighted by Gasteiger charge is -2.41. The van der Waals surface area contributed by atoms with Gasteiger partial charge in [0.1, 0.15) is 6.04 Å². The highest BCUT2D eigenvalue weighted by molar-refractivity contribution is 6.74. The van der Waals surface area contributed by atoms with E-state index in [4.69, 9.17) is 4.43 Å². The summed E-state index contributed by atoms with van der Waals surface area (Å²) in [5.41, 5.74) is 2.60. The molecule has 1 aliphatic heterocycles. The lowest BCUT2D eigenvalue weighted by atomic mass is 9.83. The monoisotopic (exact) mass is 471 g/mol. The van der Waals surface area contributed by atoms with E-state index in [2.05, 4.69) is 51.3 Å². The number of carbonyl (C=O) groups is 2. The molecule has 0 radical (unpaired) electrons. The molecule has 2 heterocycles. The van der Waals surface area contributed by atoms with Gasteiger partial charge in [-0.15, -0.1) is 0 Å². The van der Waals surface area contributed by atoms with Crippen LogP contribution in [0.2, 0.25) is 18.1 Å². The van der Waals surface area contributed by atoms with Gasteiger partial charge in [-0.2, -0.15) is 0 Å². The minimum atomic E-state index is -1.76. The maximum Gasteiger partial charge on any atom is 0.329 e. The van der Waals surface area contributed by atoms with E-state index >= 15 is 0 Å². The molecular formula is C25H37N3O4Si. The molecule has 1 atom stereocenters. The Labute approximate surface area is 196 Å². The number of carbonyl (C=O) groups excluding carboxylic acids is 2. The molecule has 2 aromatic rings. The standard InChI is InChI=1S/C25H37N3O4Si/c1-25(2,3)33(5,6)32-18-10-7-16(8-11-18)17-9-12-19-21(15-17)27(4)24(31)28(19)20-13-14-22(29)26-23(20)30/h9,12,15-16,18,20H,7-8,10-11,13-14H2,1-6H3,(H,26,29,30). The van der Waals surface area contributed by atoms with Gasteiger partial charge < -0.3 is 4.43 Å². The molecule has 4 rings (SSSR count). The number of benzene rings is 1. The summed E-state index contributed by atoms with van der Waals surface area (Å²) in [6.45, 7) is 11.5.